The standard InChI is InChI=1S/C9H14N2O4/c1-6-3-8(11-15-6)9(13)10-7(4-12)5-14-2/h3,7,12H,4-5H2,1-2H3,(H,10,13). The van der Waals surface area contributed by atoms with E-state index >= 15 is 0 Å². The fourth-order valence-corrected chi connectivity index (χ4v) is 1.07. The second-order valence-corrected chi connectivity index (χ2v) is 3.13. The van der Waals surface area contributed by atoms with Gasteiger partial charge in [0.2, 0.25) is 0 Å². The summed E-state index contributed by atoms with van der Waals surface area (Å²) in [6.45, 7) is 1.76. The largest absolute Gasteiger partial charge is 0.394 e. The number of hydrogen-bond donors (Lipinski definition) is 2. The van der Waals surface area contributed by atoms with Crippen LogP contribution in [0.3, 0.4) is 0 Å². The smallest absolute Gasteiger partial charge is 0.273 e. The zero-order chi connectivity index (χ0) is 11.3. The van der Waals surface area contributed by atoms with Crippen LogP contribution in [0.15, 0.2) is 10.6 Å². The third kappa shape index (κ3) is 3.34. The fraction of sp³-hybridized carbons (Fsp3) is 0.556. The predicted octanol–water partition coefficient (Wildman–Crippen LogP) is -0.280. The molecule has 0 bridgehead atoms. The number of aliphatic hydroxyl groups excluding tert-OH is 1. The monoisotopic (exact) mass is 214 g/mol. The molecule has 0 radical (unpaired) electrons. The summed E-state index contributed by atoms with van der Waals surface area (Å²) < 4.78 is 9.57. The van der Waals surface area contributed by atoms with Crippen molar-refractivity contribution in [2.45, 2.75) is 13.0 Å². The van der Waals surface area contributed by atoms with Crippen LogP contribution in [-0.4, -0.2) is 42.5 Å². The molecular formula is C9H14N2O4. The van der Waals surface area contributed by atoms with E-state index in [9.17, 15) is 4.79 Å². The number of rotatable bonds is 5. The predicted molar refractivity (Wildman–Crippen MR) is 51.5 cm³/mol. The van der Waals surface area contributed by atoms with Crippen LogP contribution in [0.2, 0.25) is 0 Å². The molecule has 0 spiro atoms. The molecule has 0 fully saturated rings. The lowest BCUT2D eigenvalue weighted by molar-refractivity contribution is 0.0831. The average Bonchev–Trinajstić information content (AvgIpc) is 2.64. The molecular weight excluding hydrogens is 200 g/mol. The SMILES string of the molecule is COCC(CO)NC(=O)c1cc(C)on1. The molecule has 1 amide bonds. The summed E-state index contributed by atoms with van der Waals surface area (Å²) in [5.74, 6) is 0.176. The Morgan fingerprint density at radius 3 is 3.00 bits per heavy atom. The number of aromatic nitrogens is 1. The Hall–Kier alpha value is -1.40. The molecule has 6 heteroatoms. The molecule has 0 aliphatic rings. The van der Waals surface area contributed by atoms with Gasteiger partial charge in [-0.05, 0) is 6.92 Å². The topological polar surface area (TPSA) is 84.6 Å². The molecule has 1 aromatic rings. The van der Waals surface area contributed by atoms with E-state index < -0.39 is 6.04 Å². The molecule has 0 aliphatic carbocycles. The summed E-state index contributed by atoms with van der Waals surface area (Å²) in [5.41, 5.74) is 0.196. The maximum atomic E-state index is 11.5. The van der Waals surface area contributed by atoms with Gasteiger partial charge in [0, 0.05) is 13.2 Å². The molecule has 1 unspecified atom stereocenters. The molecule has 1 heterocycles. The number of amides is 1. The molecule has 0 saturated carbocycles. The van der Waals surface area contributed by atoms with Crippen molar-refractivity contribution < 1.29 is 19.2 Å². The highest BCUT2D eigenvalue weighted by molar-refractivity contribution is 5.92. The van der Waals surface area contributed by atoms with Gasteiger partial charge in [0.1, 0.15) is 5.76 Å². The molecule has 6 nitrogen and oxygen atoms in total. The van der Waals surface area contributed by atoms with Crippen LogP contribution in [0.4, 0.5) is 0 Å². The van der Waals surface area contributed by atoms with Gasteiger partial charge in [-0.15, -0.1) is 0 Å². The van der Waals surface area contributed by atoms with Crippen molar-refractivity contribution in [3.05, 3.63) is 17.5 Å². The number of aryl methyl sites for hydroxylation is 1. The quantitative estimate of drug-likeness (QED) is 0.704. The Morgan fingerprint density at radius 2 is 2.53 bits per heavy atom. The van der Waals surface area contributed by atoms with Gasteiger partial charge in [-0.3, -0.25) is 4.79 Å². The van der Waals surface area contributed by atoms with E-state index in [1.165, 1.54) is 13.2 Å². The Labute approximate surface area is 87.2 Å². The van der Waals surface area contributed by atoms with Gasteiger partial charge in [-0.25, -0.2) is 0 Å². The van der Waals surface area contributed by atoms with E-state index in [0.717, 1.165) is 0 Å². The van der Waals surface area contributed by atoms with Crippen molar-refractivity contribution in [1.82, 2.24) is 10.5 Å². The Kier molecular flexibility index (Phi) is 4.26. The number of nitrogens with one attached hydrogen (secondary N) is 1. The van der Waals surface area contributed by atoms with Crippen LogP contribution in [0.1, 0.15) is 16.2 Å². The van der Waals surface area contributed by atoms with Crippen molar-refractivity contribution in [3.8, 4) is 0 Å². The Balaban J connectivity index is 2.54. The summed E-state index contributed by atoms with van der Waals surface area (Å²) in [6, 6.07) is 1.09. The van der Waals surface area contributed by atoms with E-state index in [4.69, 9.17) is 14.4 Å². The van der Waals surface area contributed by atoms with Crippen molar-refractivity contribution in [2.75, 3.05) is 20.3 Å². The first-order chi connectivity index (χ1) is 7.17. The van der Waals surface area contributed by atoms with Gasteiger partial charge in [0.15, 0.2) is 5.69 Å². The van der Waals surface area contributed by atoms with Crippen molar-refractivity contribution >= 4 is 5.91 Å². The summed E-state index contributed by atoms with van der Waals surface area (Å²) in [7, 11) is 1.50. The van der Waals surface area contributed by atoms with E-state index in [-0.39, 0.29) is 24.8 Å². The van der Waals surface area contributed by atoms with Crippen LogP contribution in [-0.2, 0) is 4.74 Å². The number of ether oxygens (including phenoxy) is 1. The van der Waals surface area contributed by atoms with Crippen molar-refractivity contribution in [3.63, 3.8) is 0 Å². The number of aliphatic hydroxyl groups is 1. The average molecular weight is 214 g/mol. The first kappa shape index (κ1) is 11.7. The van der Waals surface area contributed by atoms with Gasteiger partial charge in [0.05, 0.1) is 19.3 Å². The minimum atomic E-state index is -0.431. The second kappa shape index (κ2) is 5.47. The second-order valence-electron chi connectivity index (χ2n) is 3.13. The zero-order valence-corrected chi connectivity index (χ0v) is 8.69. The molecule has 0 aromatic carbocycles. The van der Waals surface area contributed by atoms with Crippen LogP contribution in [0.5, 0.6) is 0 Å². The van der Waals surface area contributed by atoms with Gasteiger partial charge < -0.3 is 19.7 Å². The zero-order valence-electron chi connectivity index (χ0n) is 8.69. The number of carbonyl (C=O) groups is 1. The van der Waals surface area contributed by atoms with Gasteiger partial charge in [-0.1, -0.05) is 5.16 Å². The molecule has 1 aromatic heterocycles. The molecule has 0 saturated heterocycles. The minimum absolute atomic E-state index is 0.184. The minimum Gasteiger partial charge on any atom is -0.394 e. The highest BCUT2D eigenvalue weighted by Crippen LogP contribution is 2.01. The molecule has 1 rings (SSSR count). The van der Waals surface area contributed by atoms with E-state index in [1.807, 2.05) is 0 Å². The lowest BCUT2D eigenvalue weighted by Crippen LogP contribution is -2.40. The lowest BCUT2D eigenvalue weighted by Gasteiger charge is -2.13. The summed E-state index contributed by atoms with van der Waals surface area (Å²) in [5, 5.41) is 15.0. The van der Waals surface area contributed by atoms with E-state index in [0.29, 0.717) is 5.76 Å². The van der Waals surface area contributed by atoms with Gasteiger partial charge in [-0.2, -0.15) is 0 Å². The van der Waals surface area contributed by atoms with E-state index in [2.05, 4.69) is 10.5 Å². The summed E-state index contributed by atoms with van der Waals surface area (Å²) in [6.07, 6.45) is 0. The number of methoxy groups -OCH3 is 1. The van der Waals surface area contributed by atoms with Crippen LogP contribution in [0.25, 0.3) is 0 Å². The molecule has 0 aliphatic heterocycles. The summed E-state index contributed by atoms with van der Waals surface area (Å²) in [4.78, 5) is 11.5. The highest BCUT2D eigenvalue weighted by Gasteiger charge is 2.15. The molecule has 2 N–H and O–H groups in total. The normalized spacial score (nSPS) is 12.5. The molecule has 1 atom stereocenters. The Bertz CT molecular complexity index is 324. The van der Waals surface area contributed by atoms with Gasteiger partial charge in [0.25, 0.3) is 5.91 Å². The Morgan fingerprint density at radius 1 is 1.80 bits per heavy atom. The first-order valence-electron chi connectivity index (χ1n) is 4.51. The molecule has 15 heavy (non-hydrogen) atoms. The third-order valence-electron chi connectivity index (χ3n) is 1.78. The highest BCUT2D eigenvalue weighted by atomic mass is 16.5. The summed E-state index contributed by atoms with van der Waals surface area (Å²) >= 11 is 0. The third-order valence-corrected chi connectivity index (χ3v) is 1.78. The van der Waals surface area contributed by atoms with Crippen molar-refractivity contribution in [1.29, 1.82) is 0 Å². The van der Waals surface area contributed by atoms with Crippen LogP contribution in [0, 0.1) is 6.92 Å². The van der Waals surface area contributed by atoms with Crippen molar-refractivity contribution in [2.24, 2.45) is 0 Å². The van der Waals surface area contributed by atoms with E-state index in [1.54, 1.807) is 6.92 Å². The fourth-order valence-electron chi connectivity index (χ4n) is 1.07. The van der Waals surface area contributed by atoms with Gasteiger partial charge >= 0.3 is 0 Å². The van der Waals surface area contributed by atoms with Crippen LogP contribution >= 0.6 is 0 Å². The number of nitrogens with zero attached hydrogens (tertiary/aromatic N) is 1. The number of carbonyl (C=O) groups excluding carboxylic acids is 1. The lowest BCUT2D eigenvalue weighted by atomic mass is 10.3. The number of hydrogen-bond acceptors (Lipinski definition) is 5. The maximum absolute atomic E-state index is 11.5. The first-order valence-corrected chi connectivity index (χ1v) is 4.51. The molecule has 84 valence electrons. The maximum Gasteiger partial charge on any atom is 0.273 e. The van der Waals surface area contributed by atoms with Crippen LogP contribution < -0.4 is 5.32 Å².